The molecule has 0 amide bonds. The molecule has 2 aliphatic rings. The number of aliphatic hydroxyl groups is 1. The summed E-state index contributed by atoms with van der Waals surface area (Å²) in [7, 11) is 0. The first kappa shape index (κ1) is 14.4. The van der Waals surface area contributed by atoms with Gasteiger partial charge in [-0.25, -0.2) is 0 Å². The Hall–Kier alpha value is -1.55. The summed E-state index contributed by atoms with van der Waals surface area (Å²) in [5.41, 5.74) is 9.16. The van der Waals surface area contributed by atoms with E-state index >= 15 is 0 Å². The van der Waals surface area contributed by atoms with Crippen LogP contribution in [0.3, 0.4) is 0 Å². The fourth-order valence-corrected chi connectivity index (χ4v) is 3.44. The van der Waals surface area contributed by atoms with E-state index in [9.17, 15) is 5.11 Å². The summed E-state index contributed by atoms with van der Waals surface area (Å²) in [6, 6.07) is 6.40. The summed E-state index contributed by atoms with van der Waals surface area (Å²) in [4.78, 5) is 4.34. The summed E-state index contributed by atoms with van der Waals surface area (Å²) in [5.74, 6) is 0.395. The highest BCUT2D eigenvalue weighted by Gasteiger charge is 2.28. The van der Waals surface area contributed by atoms with E-state index in [1.807, 2.05) is 0 Å². The van der Waals surface area contributed by atoms with Crippen molar-refractivity contribution >= 4 is 11.6 Å². The Morgan fingerprint density at radius 1 is 1.14 bits per heavy atom. The van der Waals surface area contributed by atoms with Gasteiger partial charge in [0.1, 0.15) is 0 Å². The van der Waals surface area contributed by atoms with Gasteiger partial charge >= 0.3 is 0 Å². The van der Waals surface area contributed by atoms with Crippen LogP contribution in [-0.4, -0.2) is 23.2 Å². The number of anilines is 1. The molecule has 0 aliphatic heterocycles. The second kappa shape index (κ2) is 6.06. The van der Waals surface area contributed by atoms with Crippen molar-refractivity contribution in [3.8, 4) is 0 Å². The van der Waals surface area contributed by atoms with Crippen molar-refractivity contribution in [2.24, 2.45) is 10.7 Å². The zero-order valence-corrected chi connectivity index (χ0v) is 12.6. The molecular formula is C17H25N3O. The van der Waals surface area contributed by atoms with Crippen molar-refractivity contribution in [3.63, 3.8) is 0 Å². The van der Waals surface area contributed by atoms with Gasteiger partial charge in [0, 0.05) is 5.69 Å². The number of hydrogen-bond acceptors (Lipinski definition) is 2. The summed E-state index contributed by atoms with van der Waals surface area (Å²) in [6.07, 6.45) is 8.65. The van der Waals surface area contributed by atoms with Gasteiger partial charge in [-0.15, -0.1) is 0 Å². The first-order valence-electron chi connectivity index (χ1n) is 8.06. The monoisotopic (exact) mass is 287 g/mol. The molecule has 21 heavy (non-hydrogen) atoms. The molecule has 0 radical (unpaired) electrons. The maximum atomic E-state index is 10.4. The standard InChI is InChI=1S/C17H25N3O/c18-16(19-12-17(21)9-2-1-3-10-17)20-15-8-7-13-5-4-6-14(13)11-15/h7-8,11,21H,1-6,9-10,12H2,(H3,18,19,20). The quantitative estimate of drug-likeness (QED) is 0.591. The van der Waals surface area contributed by atoms with Gasteiger partial charge in [0.2, 0.25) is 0 Å². The first-order valence-corrected chi connectivity index (χ1v) is 8.06. The average Bonchev–Trinajstić information content (AvgIpc) is 2.94. The van der Waals surface area contributed by atoms with Gasteiger partial charge in [0.25, 0.3) is 0 Å². The molecule has 0 heterocycles. The molecule has 114 valence electrons. The van der Waals surface area contributed by atoms with Crippen molar-refractivity contribution in [2.75, 3.05) is 11.9 Å². The number of nitrogens with one attached hydrogen (secondary N) is 1. The smallest absolute Gasteiger partial charge is 0.193 e. The molecule has 0 spiro atoms. The summed E-state index contributed by atoms with van der Waals surface area (Å²) in [6.45, 7) is 0.400. The normalized spacial score (nSPS) is 21.1. The predicted molar refractivity (Wildman–Crippen MR) is 86.6 cm³/mol. The van der Waals surface area contributed by atoms with Crippen LogP contribution in [-0.2, 0) is 12.8 Å². The number of hydrogen-bond donors (Lipinski definition) is 3. The second-order valence-electron chi connectivity index (χ2n) is 6.45. The summed E-state index contributed by atoms with van der Waals surface area (Å²) >= 11 is 0. The fraction of sp³-hybridized carbons (Fsp3) is 0.588. The van der Waals surface area contributed by atoms with E-state index in [0.29, 0.717) is 12.5 Å². The molecule has 0 aromatic heterocycles. The van der Waals surface area contributed by atoms with E-state index in [2.05, 4.69) is 28.5 Å². The van der Waals surface area contributed by atoms with Gasteiger partial charge in [-0.05, 0) is 55.4 Å². The van der Waals surface area contributed by atoms with Crippen LogP contribution >= 0.6 is 0 Å². The van der Waals surface area contributed by atoms with Gasteiger partial charge in [-0.3, -0.25) is 4.99 Å². The number of aliphatic imine (C=N–C) groups is 1. The van der Waals surface area contributed by atoms with E-state index in [0.717, 1.165) is 37.8 Å². The van der Waals surface area contributed by atoms with Crippen molar-refractivity contribution in [2.45, 2.75) is 57.0 Å². The molecular weight excluding hydrogens is 262 g/mol. The maximum absolute atomic E-state index is 10.4. The van der Waals surface area contributed by atoms with Gasteiger partial charge in [-0.1, -0.05) is 25.3 Å². The Balaban J connectivity index is 1.60. The third-order valence-corrected chi connectivity index (χ3v) is 4.70. The molecule has 1 aromatic carbocycles. The largest absolute Gasteiger partial charge is 0.388 e. The van der Waals surface area contributed by atoms with Crippen LogP contribution in [0.1, 0.15) is 49.7 Å². The van der Waals surface area contributed by atoms with Crippen LogP contribution in [0.5, 0.6) is 0 Å². The number of fused-ring (bicyclic) bond motifs is 1. The van der Waals surface area contributed by atoms with Crippen molar-refractivity contribution < 1.29 is 5.11 Å². The summed E-state index contributed by atoms with van der Waals surface area (Å²) in [5, 5.41) is 13.6. The fourth-order valence-electron chi connectivity index (χ4n) is 3.44. The zero-order chi connectivity index (χ0) is 14.7. The SMILES string of the molecule is NC(=NCC1(O)CCCCC1)Nc1ccc2c(c1)CCC2. The highest BCUT2D eigenvalue weighted by molar-refractivity contribution is 5.92. The summed E-state index contributed by atoms with van der Waals surface area (Å²) < 4.78 is 0. The molecule has 4 N–H and O–H groups in total. The number of aryl methyl sites for hydroxylation is 2. The molecule has 1 saturated carbocycles. The molecule has 0 bridgehead atoms. The Labute approximate surface area is 126 Å². The molecule has 1 aromatic rings. The molecule has 1 fully saturated rings. The molecule has 0 unspecified atom stereocenters. The highest BCUT2D eigenvalue weighted by Crippen LogP contribution is 2.28. The number of nitrogens with two attached hydrogens (primary N) is 1. The molecule has 0 saturated heterocycles. The number of guanidine groups is 1. The molecule has 4 nitrogen and oxygen atoms in total. The number of nitrogens with zero attached hydrogens (tertiary/aromatic N) is 1. The highest BCUT2D eigenvalue weighted by atomic mass is 16.3. The lowest BCUT2D eigenvalue weighted by Gasteiger charge is -2.30. The van der Waals surface area contributed by atoms with Crippen molar-refractivity contribution in [1.29, 1.82) is 0 Å². The maximum Gasteiger partial charge on any atom is 0.193 e. The van der Waals surface area contributed by atoms with E-state index in [1.165, 1.54) is 30.4 Å². The van der Waals surface area contributed by atoms with Gasteiger partial charge in [-0.2, -0.15) is 0 Å². The van der Waals surface area contributed by atoms with Crippen molar-refractivity contribution in [3.05, 3.63) is 29.3 Å². The lowest BCUT2D eigenvalue weighted by molar-refractivity contribution is 0.0132. The van der Waals surface area contributed by atoms with E-state index in [1.54, 1.807) is 0 Å². The molecule has 0 atom stereocenters. The second-order valence-corrected chi connectivity index (χ2v) is 6.45. The van der Waals surface area contributed by atoms with Crippen LogP contribution in [0.4, 0.5) is 5.69 Å². The molecule has 3 rings (SSSR count). The van der Waals surface area contributed by atoms with Crippen LogP contribution in [0.15, 0.2) is 23.2 Å². The molecule has 4 heteroatoms. The number of benzene rings is 1. The minimum Gasteiger partial charge on any atom is -0.388 e. The third-order valence-electron chi connectivity index (χ3n) is 4.70. The molecule has 2 aliphatic carbocycles. The first-order chi connectivity index (χ1) is 10.1. The Morgan fingerprint density at radius 2 is 1.90 bits per heavy atom. The number of rotatable bonds is 3. The average molecular weight is 287 g/mol. The minimum absolute atomic E-state index is 0.395. The Morgan fingerprint density at radius 3 is 2.71 bits per heavy atom. The Bertz CT molecular complexity index is 533. The van der Waals surface area contributed by atoms with Crippen LogP contribution < -0.4 is 11.1 Å². The lowest BCUT2D eigenvalue weighted by atomic mass is 9.85. The lowest BCUT2D eigenvalue weighted by Crippen LogP contribution is -2.36. The van der Waals surface area contributed by atoms with Crippen LogP contribution in [0.2, 0.25) is 0 Å². The minimum atomic E-state index is -0.650. The van der Waals surface area contributed by atoms with Crippen molar-refractivity contribution in [1.82, 2.24) is 0 Å². The van der Waals surface area contributed by atoms with Gasteiger partial charge in [0.05, 0.1) is 12.1 Å². The van der Waals surface area contributed by atoms with Gasteiger partial charge < -0.3 is 16.2 Å². The Kier molecular flexibility index (Phi) is 4.15. The van der Waals surface area contributed by atoms with E-state index in [-0.39, 0.29) is 0 Å². The predicted octanol–water partition coefficient (Wildman–Crippen LogP) is 2.60. The van der Waals surface area contributed by atoms with Gasteiger partial charge in [0.15, 0.2) is 5.96 Å². The topological polar surface area (TPSA) is 70.6 Å². The third kappa shape index (κ3) is 3.56. The van der Waals surface area contributed by atoms with E-state index in [4.69, 9.17) is 5.73 Å². The van der Waals surface area contributed by atoms with Crippen LogP contribution in [0, 0.1) is 0 Å². The van der Waals surface area contributed by atoms with Crippen LogP contribution in [0.25, 0.3) is 0 Å². The van der Waals surface area contributed by atoms with E-state index < -0.39 is 5.60 Å². The zero-order valence-electron chi connectivity index (χ0n) is 12.6.